The monoisotopic (exact) mass is 428 g/mol. The molecule has 0 saturated heterocycles. The average Bonchev–Trinajstić information content (AvgIpc) is 2.74. The SMILES string of the molecule is NS(=O)(=O)c1cccc(CNC(=O)c2ccc(=O)n(CCOc3ccccc3)n2)c1. The maximum atomic E-state index is 12.4. The summed E-state index contributed by atoms with van der Waals surface area (Å²) in [6.07, 6.45) is 0. The van der Waals surface area contributed by atoms with Crippen LogP contribution in [-0.4, -0.2) is 30.7 Å². The number of nitrogens with one attached hydrogen (secondary N) is 1. The smallest absolute Gasteiger partial charge is 0.271 e. The Balaban J connectivity index is 1.62. The fourth-order valence-corrected chi connectivity index (χ4v) is 3.19. The molecule has 1 heterocycles. The molecule has 2 aromatic carbocycles. The molecule has 156 valence electrons. The van der Waals surface area contributed by atoms with Gasteiger partial charge in [0.05, 0.1) is 11.4 Å². The van der Waals surface area contributed by atoms with Crippen molar-refractivity contribution in [2.75, 3.05) is 6.61 Å². The van der Waals surface area contributed by atoms with E-state index in [1.165, 1.54) is 30.3 Å². The van der Waals surface area contributed by atoms with Gasteiger partial charge >= 0.3 is 0 Å². The zero-order valence-corrected chi connectivity index (χ0v) is 16.7. The number of aromatic nitrogens is 2. The molecule has 0 fully saturated rings. The second-order valence-corrected chi connectivity index (χ2v) is 7.88. The van der Waals surface area contributed by atoms with Crippen LogP contribution in [0.2, 0.25) is 0 Å². The Morgan fingerprint density at radius 3 is 2.57 bits per heavy atom. The molecule has 0 bridgehead atoms. The zero-order valence-electron chi connectivity index (χ0n) is 15.9. The van der Waals surface area contributed by atoms with Crippen LogP contribution in [0.5, 0.6) is 5.75 Å². The first-order valence-electron chi connectivity index (χ1n) is 8.99. The molecule has 0 unspecified atom stereocenters. The minimum Gasteiger partial charge on any atom is -0.492 e. The highest BCUT2D eigenvalue weighted by Crippen LogP contribution is 2.10. The van der Waals surface area contributed by atoms with Crippen LogP contribution in [-0.2, 0) is 23.1 Å². The van der Waals surface area contributed by atoms with Crippen molar-refractivity contribution in [3.63, 3.8) is 0 Å². The molecule has 3 aromatic rings. The predicted octanol–water partition coefficient (Wildman–Crippen LogP) is 0.900. The second kappa shape index (κ2) is 9.33. The molecule has 0 atom stereocenters. The number of carbonyl (C=O) groups is 1. The number of para-hydroxylation sites is 1. The van der Waals surface area contributed by atoms with Crippen molar-refractivity contribution in [2.24, 2.45) is 5.14 Å². The third-order valence-electron chi connectivity index (χ3n) is 4.09. The van der Waals surface area contributed by atoms with Gasteiger partial charge in [0.2, 0.25) is 10.0 Å². The number of amides is 1. The van der Waals surface area contributed by atoms with Crippen LogP contribution in [0.25, 0.3) is 0 Å². The number of nitrogens with two attached hydrogens (primary N) is 1. The minimum atomic E-state index is -3.83. The van der Waals surface area contributed by atoms with Gasteiger partial charge in [0.1, 0.15) is 18.1 Å². The van der Waals surface area contributed by atoms with Gasteiger partial charge in [0.15, 0.2) is 0 Å². The Bertz CT molecular complexity index is 1190. The molecule has 0 spiro atoms. The molecule has 30 heavy (non-hydrogen) atoms. The maximum Gasteiger partial charge on any atom is 0.271 e. The van der Waals surface area contributed by atoms with Crippen LogP contribution in [0.4, 0.5) is 0 Å². The Morgan fingerprint density at radius 2 is 1.83 bits per heavy atom. The van der Waals surface area contributed by atoms with Gasteiger partial charge < -0.3 is 10.1 Å². The number of sulfonamides is 1. The van der Waals surface area contributed by atoms with Gasteiger partial charge in [-0.15, -0.1) is 0 Å². The molecule has 3 N–H and O–H groups in total. The highest BCUT2D eigenvalue weighted by molar-refractivity contribution is 7.89. The van der Waals surface area contributed by atoms with Crippen molar-refractivity contribution in [1.29, 1.82) is 0 Å². The summed E-state index contributed by atoms with van der Waals surface area (Å²) in [4.78, 5) is 24.3. The van der Waals surface area contributed by atoms with E-state index in [1.54, 1.807) is 18.2 Å². The highest BCUT2D eigenvalue weighted by Gasteiger charge is 2.11. The summed E-state index contributed by atoms with van der Waals surface area (Å²) in [6.45, 7) is 0.452. The van der Waals surface area contributed by atoms with Gasteiger partial charge in [-0.1, -0.05) is 30.3 Å². The van der Waals surface area contributed by atoms with Crippen molar-refractivity contribution < 1.29 is 17.9 Å². The first-order chi connectivity index (χ1) is 14.3. The number of hydrogen-bond acceptors (Lipinski definition) is 6. The molecule has 0 saturated carbocycles. The predicted molar refractivity (Wildman–Crippen MR) is 109 cm³/mol. The van der Waals surface area contributed by atoms with Gasteiger partial charge in [-0.05, 0) is 35.9 Å². The molecule has 9 nitrogen and oxygen atoms in total. The average molecular weight is 428 g/mol. The van der Waals surface area contributed by atoms with Crippen molar-refractivity contribution in [3.05, 3.63) is 88.3 Å². The summed E-state index contributed by atoms with van der Waals surface area (Å²) in [5.41, 5.74) is 0.250. The lowest BCUT2D eigenvalue weighted by Crippen LogP contribution is -2.30. The normalized spacial score (nSPS) is 11.1. The Morgan fingerprint density at radius 1 is 1.07 bits per heavy atom. The van der Waals surface area contributed by atoms with Crippen molar-refractivity contribution in [2.45, 2.75) is 18.0 Å². The van der Waals surface area contributed by atoms with Crippen LogP contribution in [0.1, 0.15) is 16.1 Å². The van der Waals surface area contributed by atoms with Gasteiger partial charge in [-0.3, -0.25) is 9.59 Å². The molecule has 0 aliphatic heterocycles. The first-order valence-corrected chi connectivity index (χ1v) is 10.5. The second-order valence-electron chi connectivity index (χ2n) is 6.32. The molecule has 10 heteroatoms. The standard InChI is InChI=1S/C20H20N4O5S/c21-30(27,28)17-8-4-5-15(13-17)14-22-20(26)18-9-10-19(25)24(23-18)11-12-29-16-6-2-1-3-7-16/h1-10,13H,11-12,14H2,(H,22,26)(H2,21,27,28). The molecule has 1 aromatic heterocycles. The summed E-state index contributed by atoms with van der Waals surface area (Å²) in [5, 5.41) is 11.8. The Hall–Kier alpha value is -3.50. The molecule has 0 aliphatic rings. The third kappa shape index (κ3) is 5.75. The molecule has 1 amide bonds. The molecule has 0 radical (unpaired) electrons. The van der Waals surface area contributed by atoms with Crippen LogP contribution >= 0.6 is 0 Å². The molecule has 0 aliphatic carbocycles. The lowest BCUT2D eigenvalue weighted by atomic mass is 10.2. The zero-order chi connectivity index (χ0) is 21.6. The van der Waals surface area contributed by atoms with Crippen LogP contribution in [0, 0.1) is 0 Å². The number of benzene rings is 2. The number of nitrogens with zero attached hydrogens (tertiary/aromatic N) is 2. The van der Waals surface area contributed by atoms with E-state index in [0.717, 1.165) is 4.68 Å². The van der Waals surface area contributed by atoms with E-state index in [2.05, 4.69) is 10.4 Å². The Kier molecular flexibility index (Phi) is 6.60. The number of ether oxygens (including phenoxy) is 1. The van der Waals surface area contributed by atoms with Crippen molar-refractivity contribution in [1.82, 2.24) is 15.1 Å². The van der Waals surface area contributed by atoms with Gasteiger partial charge in [-0.2, -0.15) is 5.10 Å². The lowest BCUT2D eigenvalue weighted by Gasteiger charge is -2.09. The summed E-state index contributed by atoms with van der Waals surface area (Å²) in [5.74, 6) is 0.162. The van der Waals surface area contributed by atoms with E-state index in [0.29, 0.717) is 11.3 Å². The van der Waals surface area contributed by atoms with Crippen LogP contribution in [0.3, 0.4) is 0 Å². The summed E-state index contributed by atoms with van der Waals surface area (Å²) in [7, 11) is -3.83. The van der Waals surface area contributed by atoms with Crippen molar-refractivity contribution in [3.8, 4) is 5.75 Å². The summed E-state index contributed by atoms with van der Waals surface area (Å²) < 4.78 is 29.6. The van der Waals surface area contributed by atoms with E-state index >= 15 is 0 Å². The van der Waals surface area contributed by atoms with E-state index < -0.39 is 15.9 Å². The van der Waals surface area contributed by atoms with E-state index in [4.69, 9.17) is 9.88 Å². The molecular formula is C20H20N4O5S. The number of hydrogen-bond donors (Lipinski definition) is 2. The molecule has 3 rings (SSSR count). The number of rotatable bonds is 8. The lowest BCUT2D eigenvalue weighted by molar-refractivity contribution is 0.0943. The van der Waals surface area contributed by atoms with E-state index in [-0.39, 0.29) is 35.8 Å². The topological polar surface area (TPSA) is 133 Å². The highest BCUT2D eigenvalue weighted by atomic mass is 32.2. The fraction of sp³-hybridized carbons (Fsp3) is 0.150. The number of primary sulfonamides is 1. The van der Waals surface area contributed by atoms with Crippen molar-refractivity contribution >= 4 is 15.9 Å². The fourth-order valence-electron chi connectivity index (χ4n) is 2.60. The van der Waals surface area contributed by atoms with Gasteiger partial charge in [0, 0.05) is 12.6 Å². The summed E-state index contributed by atoms with van der Waals surface area (Å²) in [6, 6.07) is 17.7. The van der Waals surface area contributed by atoms with E-state index in [9.17, 15) is 18.0 Å². The summed E-state index contributed by atoms with van der Waals surface area (Å²) >= 11 is 0. The van der Waals surface area contributed by atoms with E-state index in [1.807, 2.05) is 18.2 Å². The first kappa shape index (κ1) is 21.2. The van der Waals surface area contributed by atoms with Crippen LogP contribution < -0.4 is 20.8 Å². The quantitative estimate of drug-likeness (QED) is 0.548. The maximum absolute atomic E-state index is 12.4. The van der Waals surface area contributed by atoms with Gasteiger partial charge in [-0.25, -0.2) is 18.2 Å². The number of carbonyl (C=O) groups excluding carboxylic acids is 1. The Labute approximate surface area is 173 Å². The van der Waals surface area contributed by atoms with Gasteiger partial charge in [0.25, 0.3) is 11.5 Å². The molecular weight excluding hydrogens is 408 g/mol. The van der Waals surface area contributed by atoms with Crippen LogP contribution in [0.15, 0.2) is 76.4 Å². The third-order valence-corrected chi connectivity index (χ3v) is 5.01. The minimum absolute atomic E-state index is 0.0423. The largest absolute Gasteiger partial charge is 0.492 e.